The number of anilines is 3. The van der Waals surface area contributed by atoms with Crippen molar-refractivity contribution in [1.29, 1.82) is 0 Å². The highest BCUT2D eigenvalue weighted by molar-refractivity contribution is 6.06. The third kappa shape index (κ3) is 3.04. The normalized spacial score (nSPS) is 12.8. The van der Waals surface area contributed by atoms with Crippen molar-refractivity contribution in [2.24, 2.45) is 0 Å². The molecule has 1 amide bonds. The average molecular weight is 344 g/mol. The fourth-order valence-electron chi connectivity index (χ4n) is 3.26. The molecule has 0 atom stereocenters. The molecule has 130 valence electrons. The first-order chi connectivity index (χ1) is 12.6. The van der Waals surface area contributed by atoms with Gasteiger partial charge in [-0.25, -0.2) is 9.97 Å². The van der Waals surface area contributed by atoms with Gasteiger partial charge in [0.15, 0.2) is 0 Å². The van der Waals surface area contributed by atoms with E-state index in [1.807, 2.05) is 56.3 Å². The van der Waals surface area contributed by atoms with E-state index in [1.54, 1.807) is 11.0 Å². The van der Waals surface area contributed by atoms with Crippen LogP contribution >= 0.6 is 0 Å². The molecule has 0 radical (unpaired) electrons. The number of rotatable bonds is 3. The quantitative estimate of drug-likeness (QED) is 0.779. The minimum Gasteiger partial charge on any atom is -0.324 e. The van der Waals surface area contributed by atoms with Crippen LogP contribution in [0.5, 0.6) is 0 Å². The minimum atomic E-state index is -0.0896. The smallest absolute Gasteiger partial charge is 0.277 e. The molecule has 2 aromatic carbocycles. The van der Waals surface area contributed by atoms with E-state index in [-0.39, 0.29) is 5.91 Å². The van der Waals surface area contributed by atoms with Crippen LogP contribution in [0.2, 0.25) is 0 Å². The maximum atomic E-state index is 13.0. The number of aromatic nitrogens is 2. The molecule has 0 fully saturated rings. The standard InChI is InChI=1S/C21H20N4O/c1-14-7-3-5-9-17(14)23-21-22-15(2)13-18(24-21)20(26)25-12-11-16-8-4-6-10-19(16)25/h3-10,13H,11-12H2,1-2H3,(H,22,23,24). The summed E-state index contributed by atoms with van der Waals surface area (Å²) in [4.78, 5) is 23.7. The highest BCUT2D eigenvalue weighted by atomic mass is 16.2. The molecule has 2 heterocycles. The van der Waals surface area contributed by atoms with Crippen molar-refractivity contribution in [3.63, 3.8) is 0 Å². The Morgan fingerprint density at radius 3 is 2.65 bits per heavy atom. The summed E-state index contributed by atoms with van der Waals surface area (Å²) in [6, 6.07) is 17.7. The van der Waals surface area contributed by atoms with Gasteiger partial charge in [0.05, 0.1) is 0 Å². The third-order valence-corrected chi connectivity index (χ3v) is 4.60. The van der Waals surface area contributed by atoms with Crippen LogP contribution in [0.4, 0.5) is 17.3 Å². The number of carbonyl (C=O) groups is 1. The molecule has 0 saturated heterocycles. The van der Waals surface area contributed by atoms with Crippen LogP contribution in [0.15, 0.2) is 54.6 Å². The Kier molecular flexibility index (Phi) is 4.13. The van der Waals surface area contributed by atoms with E-state index in [0.29, 0.717) is 18.2 Å². The second-order valence-electron chi connectivity index (χ2n) is 6.49. The Morgan fingerprint density at radius 2 is 1.81 bits per heavy atom. The van der Waals surface area contributed by atoms with Crippen molar-refractivity contribution in [2.75, 3.05) is 16.8 Å². The van der Waals surface area contributed by atoms with Crippen molar-refractivity contribution in [3.05, 3.63) is 77.1 Å². The SMILES string of the molecule is Cc1cc(C(=O)N2CCc3ccccc32)nc(Nc2ccccc2C)n1. The second kappa shape index (κ2) is 6.59. The number of aryl methyl sites for hydroxylation is 2. The van der Waals surface area contributed by atoms with Gasteiger partial charge in [-0.15, -0.1) is 0 Å². The Balaban J connectivity index is 1.64. The fourth-order valence-corrected chi connectivity index (χ4v) is 3.26. The van der Waals surface area contributed by atoms with Crippen LogP contribution in [0.1, 0.15) is 27.3 Å². The number of para-hydroxylation sites is 2. The van der Waals surface area contributed by atoms with Gasteiger partial charge in [0.1, 0.15) is 5.69 Å². The number of hydrogen-bond acceptors (Lipinski definition) is 4. The number of carbonyl (C=O) groups excluding carboxylic acids is 1. The third-order valence-electron chi connectivity index (χ3n) is 4.60. The molecule has 3 aromatic rings. The zero-order valence-electron chi connectivity index (χ0n) is 14.9. The van der Waals surface area contributed by atoms with Gasteiger partial charge in [0.25, 0.3) is 5.91 Å². The van der Waals surface area contributed by atoms with Crippen LogP contribution in [0, 0.1) is 13.8 Å². The van der Waals surface area contributed by atoms with Gasteiger partial charge in [0.2, 0.25) is 5.95 Å². The molecule has 1 N–H and O–H groups in total. The lowest BCUT2D eigenvalue weighted by atomic mass is 10.2. The molecule has 5 nitrogen and oxygen atoms in total. The summed E-state index contributed by atoms with van der Waals surface area (Å²) in [7, 11) is 0. The number of benzene rings is 2. The zero-order valence-corrected chi connectivity index (χ0v) is 14.9. The molecule has 26 heavy (non-hydrogen) atoms. The summed E-state index contributed by atoms with van der Waals surface area (Å²) in [5.74, 6) is 0.350. The van der Waals surface area contributed by atoms with Crippen LogP contribution in [0.25, 0.3) is 0 Å². The van der Waals surface area contributed by atoms with Crippen molar-refractivity contribution in [1.82, 2.24) is 9.97 Å². The number of nitrogens with zero attached hydrogens (tertiary/aromatic N) is 3. The highest BCUT2D eigenvalue weighted by Crippen LogP contribution is 2.29. The fraction of sp³-hybridized carbons (Fsp3) is 0.190. The summed E-state index contributed by atoms with van der Waals surface area (Å²) in [5, 5.41) is 3.23. The maximum Gasteiger partial charge on any atom is 0.277 e. The van der Waals surface area contributed by atoms with Crippen molar-refractivity contribution < 1.29 is 4.79 Å². The van der Waals surface area contributed by atoms with Crippen LogP contribution in [-0.2, 0) is 6.42 Å². The Bertz CT molecular complexity index is 983. The van der Waals surface area contributed by atoms with Gasteiger partial charge in [-0.3, -0.25) is 4.79 Å². The first kappa shape index (κ1) is 16.3. The van der Waals surface area contributed by atoms with Crippen LogP contribution in [0.3, 0.4) is 0 Å². The minimum absolute atomic E-state index is 0.0896. The van der Waals surface area contributed by atoms with E-state index in [0.717, 1.165) is 29.1 Å². The Labute approximate surface area is 152 Å². The Morgan fingerprint density at radius 1 is 1.04 bits per heavy atom. The number of hydrogen-bond donors (Lipinski definition) is 1. The van der Waals surface area contributed by atoms with E-state index >= 15 is 0 Å². The summed E-state index contributed by atoms with van der Waals surface area (Å²) >= 11 is 0. The molecule has 4 rings (SSSR count). The van der Waals surface area contributed by atoms with Gasteiger partial charge in [-0.1, -0.05) is 36.4 Å². The molecule has 0 spiro atoms. The maximum absolute atomic E-state index is 13.0. The molecule has 0 bridgehead atoms. The number of fused-ring (bicyclic) bond motifs is 1. The lowest BCUT2D eigenvalue weighted by Crippen LogP contribution is -2.30. The second-order valence-corrected chi connectivity index (χ2v) is 6.49. The summed E-state index contributed by atoms with van der Waals surface area (Å²) in [5.41, 5.74) is 5.37. The molecule has 5 heteroatoms. The molecule has 0 saturated carbocycles. The first-order valence-corrected chi connectivity index (χ1v) is 8.70. The largest absolute Gasteiger partial charge is 0.324 e. The zero-order chi connectivity index (χ0) is 18.1. The van der Waals surface area contributed by atoms with Gasteiger partial charge < -0.3 is 10.2 Å². The van der Waals surface area contributed by atoms with E-state index in [9.17, 15) is 4.79 Å². The summed E-state index contributed by atoms with van der Waals surface area (Å²) in [6.07, 6.45) is 0.875. The molecule has 1 aliphatic heterocycles. The highest BCUT2D eigenvalue weighted by Gasteiger charge is 2.26. The van der Waals surface area contributed by atoms with E-state index in [4.69, 9.17) is 0 Å². The average Bonchev–Trinajstić information content (AvgIpc) is 3.07. The monoisotopic (exact) mass is 344 g/mol. The number of amides is 1. The molecular formula is C21H20N4O. The predicted molar refractivity (Wildman–Crippen MR) is 103 cm³/mol. The van der Waals surface area contributed by atoms with Gasteiger partial charge in [0, 0.05) is 23.6 Å². The van der Waals surface area contributed by atoms with Crippen molar-refractivity contribution in [3.8, 4) is 0 Å². The molecule has 0 unspecified atom stereocenters. The molecular weight excluding hydrogens is 324 g/mol. The van der Waals surface area contributed by atoms with Gasteiger partial charge >= 0.3 is 0 Å². The molecule has 1 aromatic heterocycles. The predicted octanol–water partition coefficient (Wildman–Crippen LogP) is 4.04. The first-order valence-electron chi connectivity index (χ1n) is 8.70. The topological polar surface area (TPSA) is 58.1 Å². The van der Waals surface area contributed by atoms with E-state index in [1.165, 1.54) is 5.56 Å². The molecule has 1 aliphatic rings. The summed E-state index contributed by atoms with van der Waals surface area (Å²) in [6.45, 7) is 4.58. The lowest BCUT2D eigenvalue weighted by molar-refractivity contribution is 0.0984. The summed E-state index contributed by atoms with van der Waals surface area (Å²) < 4.78 is 0. The Hall–Kier alpha value is -3.21. The van der Waals surface area contributed by atoms with Gasteiger partial charge in [-0.05, 0) is 49.6 Å². The van der Waals surface area contributed by atoms with Crippen molar-refractivity contribution in [2.45, 2.75) is 20.3 Å². The molecule has 0 aliphatic carbocycles. The van der Waals surface area contributed by atoms with E-state index < -0.39 is 0 Å². The van der Waals surface area contributed by atoms with Crippen molar-refractivity contribution >= 4 is 23.2 Å². The lowest BCUT2D eigenvalue weighted by Gasteiger charge is -2.17. The van der Waals surface area contributed by atoms with E-state index in [2.05, 4.69) is 21.4 Å². The van der Waals surface area contributed by atoms with Crippen LogP contribution < -0.4 is 10.2 Å². The number of nitrogens with one attached hydrogen (secondary N) is 1. The van der Waals surface area contributed by atoms with Gasteiger partial charge in [-0.2, -0.15) is 0 Å². The van der Waals surface area contributed by atoms with Crippen LogP contribution in [-0.4, -0.2) is 22.4 Å².